The zero-order valence-corrected chi connectivity index (χ0v) is 10.1. The van der Waals surface area contributed by atoms with Gasteiger partial charge in [0.1, 0.15) is 0 Å². The van der Waals surface area contributed by atoms with Crippen molar-refractivity contribution in [1.82, 2.24) is 9.78 Å². The number of benzene rings is 1. The Morgan fingerprint density at radius 3 is 2.61 bits per heavy atom. The molecule has 2 rings (SSSR count). The zero-order valence-electron chi connectivity index (χ0n) is 10.1. The van der Waals surface area contributed by atoms with Crippen molar-refractivity contribution in [2.75, 3.05) is 0 Å². The van der Waals surface area contributed by atoms with E-state index in [0.717, 1.165) is 11.4 Å². The van der Waals surface area contributed by atoms with E-state index in [9.17, 15) is 15.2 Å². The first-order chi connectivity index (χ1) is 8.52. The predicted octanol–water partition coefficient (Wildman–Crippen LogP) is 1.89. The molecular weight excluding hydrogens is 234 g/mol. The second-order valence-corrected chi connectivity index (χ2v) is 4.07. The first-order valence-electron chi connectivity index (χ1n) is 5.44. The van der Waals surface area contributed by atoms with E-state index in [1.807, 2.05) is 19.9 Å². The van der Waals surface area contributed by atoms with Crippen LogP contribution in [0.3, 0.4) is 0 Å². The molecule has 0 atom stereocenters. The highest BCUT2D eigenvalue weighted by molar-refractivity contribution is 5.48. The highest BCUT2D eigenvalue weighted by Crippen LogP contribution is 2.22. The Kier molecular flexibility index (Phi) is 3.12. The van der Waals surface area contributed by atoms with E-state index in [-0.39, 0.29) is 17.9 Å². The van der Waals surface area contributed by atoms with Crippen LogP contribution in [0.4, 0.5) is 5.69 Å². The van der Waals surface area contributed by atoms with Crippen LogP contribution in [0, 0.1) is 24.0 Å². The number of nitro benzene ring substituents is 1. The molecule has 1 aromatic carbocycles. The first kappa shape index (κ1) is 12.3. The second-order valence-electron chi connectivity index (χ2n) is 4.07. The topological polar surface area (TPSA) is 81.2 Å². The van der Waals surface area contributed by atoms with E-state index < -0.39 is 4.92 Å². The normalized spacial score (nSPS) is 10.6. The lowest BCUT2D eigenvalue weighted by Gasteiger charge is -2.06. The van der Waals surface area contributed by atoms with Gasteiger partial charge in [0.2, 0.25) is 0 Å². The largest absolute Gasteiger partial charge is 0.391 e. The molecule has 0 aliphatic rings. The van der Waals surface area contributed by atoms with Gasteiger partial charge >= 0.3 is 0 Å². The molecule has 0 fully saturated rings. The van der Waals surface area contributed by atoms with Gasteiger partial charge in [-0.3, -0.25) is 10.1 Å². The van der Waals surface area contributed by atoms with Crippen molar-refractivity contribution in [3.63, 3.8) is 0 Å². The van der Waals surface area contributed by atoms with E-state index >= 15 is 0 Å². The Bertz CT molecular complexity index is 605. The number of hydrogen-bond acceptors (Lipinski definition) is 4. The van der Waals surface area contributed by atoms with Gasteiger partial charge in [-0.2, -0.15) is 5.10 Å². The van der Waals surface area contributed by atoms with Gasteiger partial charge < -0.3 is 5.11 Å². The summed E-state index contributed by atoms with van der Waals surface area (Å²) in [5.41, 5.74) is 2.71. The lowest BCUT2D eigenvalue weighted by Crippen LogP contribution is -2.02. The zero-order chi connectivity index (χ0) is 13.3. The van der Waals surface area contributed by atoms with Gasteiger partial charge in [-0.05, 0) is 32.0 Å². The molecule has 94 valence electrons. The molecule has 2 aromatic rings. The van der Waals surface area contributed by atoms with E-state index in [1.165, 1.54) is 6.07 Å². The molecule has 0 spiro atoms. The third kappa shape index (κ3) is 2.10. The van der Waals surface area contributed by atoms with Gasteiger partial charge in [0.05, 0.1) is 28.5 Å². The summed E-state index contributed by atoms with van der Waals surface area (Å²) in [7, 11) is 0. The summed E-state index contributed by atoms with van der Waals surface area (Å²) in [5.74, 6) is 0. The van der Waals surface area contributed by atoms with Crippen LogP contribution in [0.1, 0.15) is 17.0 Å². The molecule has 1 aromatic heterocycles. The highest BCUT2D eigenvalue weighted by Gasteiger charge is 2.14. The Hall–Kier alpha value is -2.21. The van der Waals surface area contributed by atoms with Gasteiger partial charge in [-0.25, -0.2) is 4.68 Å². The molecule has 0 aliphatic heterocycles. The SMILES string of the molecule is Cc1cc(C)n(-c2ccc([N+](=O)[O-])c(CO)c2)n1. The molecule has 0 radical (unpaired) electrons. The molecular formula is C12H13N3O3. The smallest absolute Gasteiger partial charge is 0.275 e. The van der Waals surface area contributed by atoms with Crippen molar-refractivity contribution in [1.29, 1.82) is 0 Å². The summed E-state index contributed by atoms with van der Waals surface area (Å²) in [4.78, 5) is 10.3. The predicted molar refractivity (Wildman–Crippen MR) is 65.6 cm³/mol. The molecule has 0 aliphatic carbocycles. The number of aromatic nitrogens is 2. The number of aryl methyl sites for hydroxylation is 2. The molecule has 0 saturated carbocycles. The van der Waals surface area contributed by atoms with E-state index in [2.05, 4.69) is 5.10 Å². The summed E-state index contributed by atoms with van der Waals surface area (Å²) in [6.45, 7) is 3.41. The minimum absolute atomic E-state index is 0.0808. The van der Waals surface area contributed by atoms with Crippen LogP contribution in [-0.4, -0.2) is 19.8 Å². The monoisotopic (exact) mass is 247 g/mol. The van der Waals surface area contributed by atoms with Crippen LogP contribution < -0.4 is 0 Å². The number of aliphatic hydroxyl groups is 1. The molecule has 0 saturated heterocycles. The average Bonchev–Trinajstić information content (AvgIpc) is 2.67. The van der Waals surface area contributed by atoms with Crippen LogP contribution in [0.5, 0.6) is 0 Å². The van der Waals surface area contributed by atoms with Gasteiger partial charge in [0.15, 0.2) is 0 Å². The standard InChI is InChI=1S/C12H13N3O3/c1-8-5-9(2)14(13-8)11-3-4-12(15(17)18)10(6-11)7-16/h3-6,16H,7H2,1-2H3. The number of nitrogens with zero attached hydrogens (tertiary/aromatic N) is 3. The van der Waals surface area contributed by atoms with E-state index in [4.69, 9.17) is 0 Å². The second kappa shape index (κ2) is 4.58. The lowest BCUT2D eigenvalue weighted by atomic mass is 10.1. The van der Waals surface area contributed by atoms with Gasteiger partial charge in [-0.15, -0.1) is 0 Å². The number of nitro groups is 1. The van der Waals surface area contributed by atoms with Crippen molar-refractivity contribution in [2.45, 2.75) is 20.5 Å². The highest BCUT2D eigenvalue weighted by atomic mass is 16.6. The fraction of sp³-hybridized carbons (Fsp3) is 0.250. The number of rotatable bonds is 3. The minimum atomic E-state index is -0.503. The Morgan fingerprint density at radius 1 is 1.39 bits per heavy atom. The molecule has 18 heavy (non-hydrogen) atoms. The van der Waals surface area contributed by atoms with Crippen molar-refractivity contribution in [3.05, 3.63) is 51.3 Å². The van der Waals surface area contributed by atoms with Gasteiger partial charge in [-0.1, -0.05) is 0 Å². The fourth-order valence-electron chi connectivity index (χ4n) is 1.90. The third-order valence-electron chi connectivity index (χ3n) is 2.68. The minimum Gasteiger partial charge on any atom is -0.391 e. The Labute approximate surface area is 104 Å². The average molecular weight is 247 g/mol. The molecule has 1 heterocycles. The maximum atomic E-state index is 10.8. The quantitative estimate of drug-likeness (QED) is 0.663. The van der Waals surface area contributed by atoms with E-state index in [1.54, 1.807) is 16.8 Å². The van der Waals surface area contributed by atoms with Crippen LogP contribution in [0.15, 0.2) is 24.3 Å². The number of aliphatic hydroxyl groups excluding tert-OH is 1. The molecule has 6 heteroatoms. The Balaban J connectivity index is 2.54. The van der Waals surface area contributed by atoms with Crippen molar-refractivity contribution in [2.24, 2.45) is 0 Å². The molecule has 1 N–H and O–H groups in total. The van der Waals surface area contributed by atoms with E-state index in [0.29, 0.717) is 5.69 Å². The van der Waals surface area contributed by atoms with Crippen LogP contribution >= 0.6 is 0 Å². The molecule has 0 bridgehead atoms. The molecule has 6 nitrogen and oxygen atoms in total. The molecule has 0 unspecified atom stereocenters. The third-order valence-corrected chi connectivity index (χ3v) is 2.68. The molecule has 0 amide bonds. The van der Waals surface area contributed by atoms with Crippen molar-refractivity contribution < 1.29 is 10.0 Å². The van der Waals surface area contributed by atoms with Crippen LogP contribution in [0.2, 0.25) is 0 Å². The summed E-state index contributed by atoms with van der Waals surface area (Å²) >= 11 is 0. The van der Waals surface area contributed by atoms with Gasteiger partial charge in [0.25, 0.3) is 5.69 Å². The van der Waals surface area contributed by atoms with Gasteiger partial charge in [0, 0.05) is 11.8 Å². The van der Waals surface area contributed by atoms with Crippen LogP contribution in [-0.2, 0) is 6.61 Å². The Morgan fingerprint density at radius 2 is 2.11 bits per heavy atom. The summed E-state index contributed by atoms with van der Waals surface area (Å²) < 4.78 is 1.69. The maximum absolute atomic E-state index is 10.8. The lowest BCUT2D eigenvalue weighted by molar-refractivity contribution is -0.385. The van der Waals surface area contributed by atoms with Crippen molar-refractivity contribution in [3.8, 4) is 5.69 Å². The maximum Gasteiger partial charge on any atom is 0.275 e. The fourth-order valence-corrected chi connectivity index (χ4v) is 1.90. The van der Waals surface area contributed by atoms with Crippen molar-refractivity contribution >= 4 is 5.69 Å². The summed E-state index contributed by atoms with van der Waals surface area (Å²) in [5, 5.41) is 24.2. The summed E-state index contributed by atoms with van der Waals surface area (Å²) in [6.07, 6.45) is 0. The first-order valence-corrected chi connectivity index (χ1v) is 5.44. The van der Waals surface area contributed by atoms with Crippen LogP contribution in [0.25, 0.3) is 5.69 Å². The number of hydrogen-bond donors (Lipinski definition) is 1. The summed E-state index contributed by atoms with van der Waals surface area (Å²) in [6, 6.07) is 6.51.